The zero-order chi connectivity index (χ0) is 20.8. The van der Waals surface area contributed by atoms with Crippen LogP contribution < -0.4 is 15.9 Å². The molecule has 1 heterocycles. The fraction of sp³-hybridized carbons (Fsp3) is 0.286. The maximum atomic E-state index is 12.2. The van der Waals surface area contributed by atoms with E-state index in [-0.39, 0.29) is 18.3 Å². The topological polar surface area (TPSA) is 95.1 Å². The molecule has 1 aromatic heterocycles. The molecule has 3 aromatic rings. The number of aryl methyl sites for hydroxylation is 3. The van der Waals surface area contributed by atoms with Gasteiger partial charge in [0.1, 0.15) is 12.4 Å². The van der Waals surface area contributed by atoms with E-state index >= 15 is 0 Å². The first-order valence-corrected chi connectivity index (χ1v) is 10.4. The number of ether oxygens (including phenoxy) is 1. The lowest BCUT2D eigenvalue weighted by Crippen LogP contribution is -2.18. The molecule has 1 amide bonds. The van der Waals surface area contributed by atoms with Crippen molar-refractivity contribution < 1.29 is 9.53 Å². The van der Waals surface area contributed by atoms with Crippen LogP contribution in [0.1, 0.15) is 29.4 Å². The molecule has 7 nitrogen and oxygen atoms in total. The molecule has 0 fully saturated rings. The molecule has 0 unspecified atom stereocenters. The molecule has 0 atom stereocenters. The summed E-state index contributed by atoms with van der Waals surface area (Å²) in [5, 5.41) is 11.5. The maximum Gasteiger partial charge on any atom is 0.234 e. The highest BCUT2D eigenvalue weighted by molar-refractivity contribution is 7.99. The first-order chi connectivity index (χ1) is 14.0. The van der Waals surface area contributed by atoms with Gasteiger partial charge in [-0.2, -0.15) is 0 Å². The van der Waals surface area contributed by atoms with Crippen LogP contribution in [0.5, 0.6) is 5.75 Å². The molecular formula is C21H25N5O2S. The lowest BCUT2D eigenvalue weighted by Gasteiger charge is -2.11. The summed E-state index contributed by atoms with van der Waals surface area (Å²) in [5.41, 5.74) is 4.09. The summed E-state index contributed by atoms with van der Waals surface area (Å²) in [6, 6.07) is 13.8. The monoisotopic (exact) mass is 411 g/mol. The molecular weight excluding hydrogens is 386 g/mol. The zero-order valence-electron chi connectivity index (χ0n) is 16.8. The molecule has 0 bridgehead atoms. The minimum Gasteiger partial charge on any atom is -0.485 e. The van der Waals surface area contributed by atoms with Gasteiger partial charge in [-0.25, -0.2) is 4.68 Å². The first kappa shape index (κ1) is 20.7. The van der Waals surface area contributed by atoms with E-state index < -0.39 is 0 Å². The van der Waals surface area contributed by atoms with Crippen molar-refractivity contribution in [1.29, 1.82) is 0 Å². The van der Waals surface area contributed by atoms with Gasteiger partial charge in [-0.3, -0.25) is 4.79 Å². The van der Waals surface area contributed by atoms with Crippen molar-refractivity contribution in [3.63, 3.8) is 0 Å². The molecule has 0 radical (unpaired) electrons. The summed E-state index contributed by atoms with van der Waals surface area (Å²) in [6.45, 7) is 6.27. The summed E-state index contributed by atoms with van der Waals surface area (Å²) >= 11 is 1.23. The van der Waals surface area contributed by atoms with Crippen LogP contribution in [-0.2, 0) is 17.8 Å². The second kappa shape index (κ2) is 9.47. The Bertz CT molecular complexity index is 965. The number of aromatic nitrogens is 3. The molecule has 0 aliphatic heterocycles. The highest BCUT2D eigenvalue weighted by Crippen LogP contribution is 2.23. The van der Waals surface area contributed by atoms with Gasteiger partial charge < -0.3 is 15.9 Å². The van der Waals surface area contributed by atoms with E-state index in [0.29, 0.717) is 11.0 Å². The number of nitrogens with two attached hydrogens (primary N) is 1. The van der Waals surface area contributed by atoms with E-state index in [1.165, 1.54) is 22.0 Å². The third-order valence-electron chi connectivity index (χ3n) is 4.47. The van der Waals surface area contributed by atoms with E-state index in [1.54, 1.807) is 0 Å². The maximum absolute atomic E-state index is 12.2. The quantitative estimate of drug-likeness (QED) is 0.435. The Balaban J connectivity index is 1.54. The van der Waals surface area contributed by atoms with Gasteiger partial charge in [0.15, 0.2) is 5.82 Å². The number of anilines is 1. The number of thioether (sulfide) groups is 1. The number of nitrogen functional groups attached to an aromatic ring is 1. The minimum atomic E-state index is -0.129. The second-order valence-electron chi connectivity index (χ2n) is 6.67. The van der Waals surface area contributed by atoms with E-state index in [9.17, 15) is 4.79 Å². The van der Waals surface area contributed by atoms with Crippen molar-refractivity contribution in [3.05, 3.63) is 65.0 Å². The molecule has 152 valence electrons. The minimum absolute atomic E-state index is 0.129. The molecule has 3 N–H and O–H groups in total. The number of hydrogen-bond donors (Lipinski definition) is 2. The van der Waals surface area contributed by atoms with Gasteiger partial charge in [0.05, 0.1) is 5.75 Å². The summed E-state index contributed by atoms with van der Waals surface area (Å²) in [5.74, 6) is 7.44. The highest BCUT2D eigenvalue weighted by Gasteiger charge is 2.14. The van der Waals surface area contributed by atoms with Crippen LogP contribution in [-0.4, -0.2) is 26.5 Å². The number of carbonyl (C=O) groups is 1. The van der Waals surface area contributed by atoms with Gasteiger partial charge in [-0.15, -0.1) is 10.2 Å². The van der Waals surface area contributed by atoms with Crippen LogP contribution in [0.2, 0.25) is 0 Å². The number of amides is 1. The predicted octanol–water partition coefficient (Wildman–Crippen LogP) is 3.48. The number of carbonyl (C=O) groups excluding carboxylic acids is 1. The molecule has 0 saturated heterocycles. The third kappa shape index (κ3) is 5.29. The second-order valence-corrected chi connectivity index (χ2v) is 7.61. The number of para-hydroxylation sites is 1. The fourth-order valence-electron chi connectivity index (χ4n) is 2.82. The number of benzene rings is 2. The van der Waals surface area contributed by atoms with Crippen LogP contribution >= 0.6 is 11.8 Å². The Morgan fingerprint density at radius 3 is 2.48 bits per heavy atom. The van der Waals surface area contributed by atoms with Gasteiger partial charge in [-0.05, 0) is 49.1 Å². The fourth-order valence-corrected chi connectivity index (χ4v) is 3.49. The van der Waals surface area contributed by atoms with Gasteiger partial charge in [-0.1, -0.05) is 49.0 Å². The Morgan fingerprint density at radius 1 is 1.14 bits per heavy atom. The smallest absolute Gasteiger partial charge is 0.234 e. The Labute approximate surface area is 174 Å². The van der Waals surface area contributed by atoms with Gasteiger partial charge in [0.25, 0.3) is 0 Å². The van der Waals surface area contributed by atoms with Crippen molar-refractivity contribution in [2.45, 2.75) is 39.0 Å². The van der Waals surface area contributed by atoms with Crippen LogP contribution in [0.25, 0.3) is 0 Å². The predicted molar refractivity (Wildman–Crippen MR) is 116 cm³/mol. The van der Waals surface area contributed by atoms with Crippen LogP contribution in [0.15, 0.2) is 47.6 Å². The van der Waals surface area contributed by atoms with E-state index in [2.05, 4.69) is 22.4 Å². The van der Waals surface area contributed by atoms with Crippen molar-refractivity contribution in [2.24, 2.45) is 0 Å². The molecule has 0 spiro atoms. The number of nitrogens with one attached hydrogen (secondary N) is 1. The van der Waals surface area contributed by atoms with E-state index in [1.807, 2.05) is 56.3 Å². The van der Waals surface area contributed by atoms with E-state index in [0.717, 1.165) is 29.0 Å². The lowest BCUT2D eigenvalue weighted by molar-refractivity contribution is -0.113. The lowest BCUT2D eigenvalue weighted by atomic mass is 10.1. The van der Waals surface area contributed by atoms with Crippen LogP contribution in [0.4, 0.5) is 5.69 Å². The summed E-state index contributed by atoms with van der Waals surface area (Å²) in [6.07, 6.45) is 0.964. The largest absolute Gasteiger partial charge is 0.485 e. The molecule has 3 rings (SSSR count). The molecule has 29 heavy (non-hydrogen) atoms. The molecule has 0 aliphatic rings. The van der Waals surface area contributed by atoms with Gasteiger partial charge >= 0.3 is 0 Å². The summed E-state index contributed by atoms with van der Waals surface area (Å²) in [7, 11) is 0. The standard InChI is InChI=1S/C21H25N5O2S/c1-4-16-8-10-17(11-9-16)23-19(27)13-29-21-25-24-18(26(21)22)12-28-20-14(2)6-5-7-15(20)3/h5-11H,4,12-13,22H2,1-3H3,(H,23,27). The van der Waals surface area contributed by atoms with Crippen LogP contribution in [0.3, 0.4) is 0 Å². The normalized spacial score (nSPS) is 10.7. The van der Waals surface area contributed by atoms with Gasteiger partial charge in [0, 0.05) is 5.69 Å². The molecule has 8 heteroatoms. The van der Waals surface area contributed by atoms with Gasteiger partial charge in [0.2, 0.25) is 11.1 Å². The number of hydrogen-bond acceptors (Lipinski definition) is 6. The first-order valence-electron chi connectivity index (χ1n) is 9.38. The Hall–Kier alpha value is -3.00. The van der Waals surface area contributed by atoms with Crippen molar-refractivity contribution in [2.75, 3.05) is 16.9 Å². The highest BCUT2D eigenvalue weighted by atomic mass is 32.2. The van der Waals surface area contributed by atoms with Crippen molar-refractivity contribution in [3.8, 4) is 5.75 Å². The summed E-state index contributed by atoms with van der Waals surface area (Å²) in [4.78, 5) is 12.2. The SMILES string of the molecule is CCc1ccc(NC(=O)CSc2nnc(COc3c(C)cccc3C)n2N)cc1. The van der Waals surface area contributed by atoms with E-state index in [4.69, 9.17) is 10.6 Å². The number of rotatable bonds is 8. The van der Waals surface area contributed by atoms with Crippen molar-refractivity contribution in [1.82, 2.24) is 14.9 Å². The molecule has 2 aromatic carbocycles. The Kier molecular flexibility index (Phi) is 6.77. The Morgan fingerprint density at radius 2 is 1.83 bits per heavy atom. The average molecular weight is 412 g/mol. The molecule has 0 saturated carbocycles. The third-order valence-corrected chi connectivity index (χ3v) is 5.41. The van der Waals surface area contributed by atoms with Crippen LogP contribution in [0, 0.1) is 13.8 Å². The number of nitrogens with zero attached hydrogens (tertiary/aromatic N) is 3. The van der Waals surface area contributed by atoms with Crippen molar-refractivity contribution >= 4 is 23.4 Å². The summed E-state index contributed by atoms with van der Waals surface area (Å²) < 4.78 is 7.24. The average Bonchev–Trinajstić information content (AvgIpc) is 3.06. The molecule has 0 aliphatic carbocycles. The zero-order valence-corrected chi connectivity index (χ0v) is 17.6.